The molecule has 3 heterocycles. The minimum absolute atomic E-state index is 0.191. The van der Waals surface area contributed by atoms with E-state index in [9.17, 15) is 0 Å². The van der Waals surface area contributed by atoms with Crippen LogP contribution < -0.4 is 4.74 Å². The molecular formula is C19H29N3O3. The summed E-state index contributed by atoms with van der Waals surface area (Å²) in [5.41, 5.74) is 1.02. The summed E-state index contributed by atoms with van der Waals surface area (Å²) in [4.78, 5) is 9.35. The number of rotatable bonds is 5. The molecule has 4 rings (SSSR count). The van der Waals surface area contributed by atoms with E-state index in [0.717, 1.165) is 51.9 Å². The summed E-state index contributed by atoms with van der Waals surface area (Å²) < 4.78 is 17.4. The van der Waals surface area contributed by atoms with Gasteiger partial charge in [-0.3, -0.25) is 9.80 Å². The van der Waals surface area contributed by atoms with E-state index in [1.807, 2.05) is 12.3 Å². The molecule has 0 aromatic carbocycles. The van der Waals surface area contributed by atoms with Gasteiger partial charge in [-0.15, -0.1) is 0 Å². The molecule has 2 saturated heterocycles. The maximum Gasteiger partial charge on any atom is 0.212 e. The number of hydrogen-bond acceptors (Lipinski definition) is 6. The molecule has 1 spiro atoms. The molecule has 1 aromatic heterocycles. The summed E-state index contributed by atoms with van der Waals surface area (Å²) >= 11 is 0. The Morgan fingerprint density at radius 3 is 2.80 bits per heavy atom. The highest BCUT2D eigenvalue weighted by molar-refractivity contribution is 5.17. The topological polar surface area (TPSA) is 47.1 Å². The normalized spacial score (nSPS) is 28.8. The fourth-order valence-corrected chi connectivity index (χ4v) is 3.93. The lowest BCUT2D eigenvalue weighted by molar-refractivity contribution is -0.143. The molecule has 0 bridgehead atoms. The second-order valence-corrected chi connectivity index (χ2v) is 7.68. The highest BCUT2D eigenvalue weighted by atomic mass is 16.5. The summed E-state index contributed by atoms with van der Waals surface area (Å²) in [5.74, 6) is 1.57. The highest BCUT2D eigenvalue weighted by Gasteiger charge is 2.41. The van der Waals surface area contributed by atoms with Gasteiger partial charge in [0, 0.05) is 51.5 Å². The first-order valence-corrected chi connectivity index (χ1v) is 9.40. The Morgan fingerprint density at radius 1 is 1.20 bits per heavy atom. The Labute approximate surface area is 150 Å². The van der Waals surface area contributed by atoms with Gasteiger partial charge in [-0.2, -0.15) is 0 Å². The lowest BCUT2D eigenvalue weighted by Gasteiger charge is -2.43. The number of aromatic nitrogens is 1. The number of nitrogens with zero attached hydrogens (tertiary/aromatic N) is 3. The van der Waals surface area contributed by atoms with Gasteiger partial charge in [0.05, 0.1) is 26.9 Å². The van der Waals surface area contributed by atoms with Gasteiger partial charge in [-0.25, -0.2) is 4.98 Å². The summed E-state index contributed by atoms with van der Waals surface area (Å²) in [7, 11) is 1.65. The lowest BCUT2D eigenvalue weighted by Crippen LogP contribution is -2.58. The number of hydrogen-bond donors (Lipinski definition) is 0. The molecule has 6 nitrogen and oxygen atoms in total. The van der Waals surface area contributed by atoms with Crippen molar-refractivity contribution in [3.63, 3.8) is 0 Å². The standard InChI is InChI=1S/C19H29N3O3/c1-23-18-5-4-17(10-20-18)12-22-7-9-25-19(14-22)13-21(6-8-24-15-19)11-16-2-3-16/h4-5,10,16H,2-3,6-9,11-15H2,1H3. The quantitative estimate of drug-likeness (QED) is 0.803. The van der Waals surface area contributed by atoms with Crippen LogP contribution in [-0.2, 0) is 16.0 Å². The van der Waals surface area contributed by atoms with Crippen LogP contribution in [0.3, 0.4) is 0 Å². The fourth-order valence-electron chi connectivity index (χ4n) is 3.93. The molecule has 1 saturated carbocycles. The van der Waals surface area contributed by atoms with Crippen LogP contribution in [-0.4, -0.2) is 80.0 Å². The molecule has 2 aliphatic heterocycles. The lowest BCUT2D eigenvalue weighted by atomic mass is 10.0. The van der Waals surface area contributed by atoms with Crippen LogP contribution in [0.25, 0.3) is 0 Å². The first-order chi connectivity index (χ1) is 12.2. The van der Waals surface area contributed by atoms with Crippen LogP contribution in [0.2, 0.25) is 0 Å². The minimum atomic E-state index is -0.191. The third-order valence-corrected chi connectivity index (χ3v) is 5.38. The molecule has 1 atom stereocenters. The van der Waals surface area contributed by atoms with Gasteiger partial charge in [0.15, 0.2) is 0 Å². The molecule has 3 fully saturated rings. The van der Waals surface area contributed by atoms with Gasteiger partial charge >= 0.3 is 0 Å². The zero-order chi connectivity index (χ0) is 17.1. The van der Waals surface area contributed by atoms with Crippen LogP contribution in [0.15, 0.2) is 18.3 Å². The SMILES string of the molecule is COc1ccc(CN2CCOC3(COCCN(CC4CC4)C3)C2)cn1. The smallest absolute Gasteiger partial charge is 0.212 e. The average molecular weight is 347 g/mol. The molecule has 0 radical (unpaired) electrons. The Bertz CT molecular complexity index is 564. The predicted octanol–water partition coefficient (Wildman–Crippen LogP) is 1.40. The first kappa shape index (κ1) is 17.2. The Morgan fingerprint density at radius 2 is 2.04 bits per heavy atom. The Kier molecular flexibility index (Phi) is 5.22. The van der Waals surface area contributed by atoms with Crippen molar-refractivity contribution in [2.45, 2.75) is 25.0 Å². The zero-order valence-corrected chi connectivity index (χ0v) is 15.2. The van der Waals surface area contributed by atoms with Crippen molar-refractivity contribution in [1.82, 2.24) is 14.8 Å². The van der Waals surface area contributed by atoms with Gasteiger partial charge in [0.1, 0.15) is 5.60 Å². The number of ether oxygens (including phenoxy) is 3. The van der Waals surface area contributed by atoms with E-state index in [-0.39, 0.29) is 5.60 Å². The van der Waals surface area contributed by atoms with Gasteiger partial charge in [-0.1, -0.05) is 6.07 Å². The molecule has 3 aliphatic rings. The van der Waals surface area contributed by atoms with Crippen LogP contribution in [0, 0.1) is 5.92 Å². The number of methoxy groups -OCH3 is 1. The molecule has 0 N–H and O–H groups in total. The predicted molar refractivity (Wildman–Crippen MR) is 94.7 cm³/mol. The van der Waals surface area contributed by atoms with Crippen molar-refractivity contribution < 1.29 is 14.2 Å². The van der Waals surface area contributed by atoms with Crippen molar-refractivity contribution in [1.29, 1.82) is 0 Å². The van der Waals surface area contributed by atoms with Crippen LogP contribution in [0.5, 0.6) is 5.88 Å². The summed E-state index contributed by atoms with van der Waals surface area (Å²) in [5, 5.41) is 0. The van der Waals surface area contributed by atoms with E-state index < -0.39 is 0 Å². The second-order valence-electron chi connectivity index (χ2n) is 7.68. The van der Waals surface area contributed by atoms with Gasteiger partial charge in [0.25, 0.3) is 0 Å². The van der Waals surface area contributed by atoms with E-state index in [1.165, 1.54) is 24.9 Å². The van der Waals surface area contributed by atoms with E-state index in [1.54, 1.807) is 7.11 Å². The second kappa shape index (κ2) is 7.58. The van der Waals surface area contributed by atoms with Gasteiger partial charge < -0.3 is 14.2 Å². The van der Waals surface area contributed by atoms with E-state index in [0.29, 0.717) is 12.5 Å². The van der Waals surface area contributed by atoms with Crippen molar-refractivity contribution >= 4 is 0 Å². The molecule has 6 heteroatoms. The molecule has 1 aromatic rings. The monoisotopic (exact) mass is 347 g/mol. The summed E-state index contributed by atoms with van der Waals surface area (Å²) in [6, 6.07) is 4.02. The van der Waals surface area contributed by atoms with Gasteiger partial charge in [0.2, 0.25) is 5.88 Å². The Balaban J connectivity index is 1.39. The largest absolute Gasteiger partial charge is 0.481 e. The fraction of sp³-hybridized carbons (Fsp3) is 0.737. The summed E-state index contributed by atoms with van der Waals surface area (Å²) in [6.07, 6.45) is 4.69. The zero-order valence-electron chi connectivity index (χ0n) is 15.2. The maximum atomic E-state index is 6.28. The molecule has 1 unspecified atom stereocenters. The number of morpholine rings is 1. The summed E-state index contributed by atoms with van der Waals surface area (Å²) in [6.45, 7) is 8.28. The van der Waals surface area contributed by atoms with E-state index in [2.05, 4.69) is 20.9 Å². The number of pyridine rings is 1. The van der Waals surface area contributed by atoms with E-state index >= 15 is 0 Å². The average Bonchev–Trinajstić information content (AvgIpc) is 3.45. The van der Waals surface area contributed by atoms with Crippen molar-refractivity contribution in [3.05, 3.63) is 23.9 Å². The first-order valence-electron chi connectivity index (χ1n) is 9.40. The molecule has 138 valence electrons. The van der Waals surface area contributed by atoms with Crippen molar-refractivity contribution in [2.24, 2.45) is 5.92 Å². The van der Waals surface area contributed by atoms with Crippen molar-refractivity contribution in [3.8, 4) is 5.88 Å². The maximum absolute atomic E-state index is 6.28. The van der Waals surface area contributed by atoms with Gasteiger partial charge in [-0.05, 0) is 24.3 Å². The minimum Gasteiger partial charge on any atom is -0.481 e. The Hall–Kier alpha value is -1.21. The van der Waals surface area contributed by atoms with Crippen LogP contribution >= 0.6 is 0 Å². The third kappa shape index (κ3) is 4.50. The highest BCUT2D eigenvalue weighted by Crippen LogP contribution is 2.31. The molecule has 0 amide bonds. The molecule has 1 aliphatic carbocycles. The van der Waals surface area contributed by atoms with Crippen LogP contribution in [0.4, 0.5) is 0 Å². The third-order valence-electron chi connectivity index (χ3n) is 5.38. The molecule has 25 heavy (non-hydrogen) atoms. The van der Waals surface area contributed by atoms with Crippen LogP contribution in [0.1, 0.15) is 18.4 Å². The molecular weight excluding hydrogens is 318 g/mol. The van der Waals surface area contributed by atoms with E-state index in [4.69, 9.17) is 14.2 Å². The van der Waals surface area contributed by atoms with Crippen molar-refractivity contribution in [2.75, 3.05) is 59.7 Å².